The minimum absolute atomic E-state index is 0.109. The number of allylic oxidation sites excluding steroid dienone is 1. The van der Waals surface area contributed by atoms with Crippen molar-refractivity contribution in [1.82, 2.24) is 0 Å². The number of hydrogen-bond acceptors (Lipinski definition) is 3. The number of ether oxygens (including phenoxy) is 3. The summed E-state index contributed by atoms with van der Waals surface area (Å²) in [6, 6.07) is 0. The van der Waals surface area contributed by atoms with E-state index in [1.807, 2.05) is 19.9 Å². The summed E-state index contributed by atoms with van der Waals surface area (Å²) in [5, 5.41) is 0. The largest absolute Gasteiger partial charge is 0.346 e. The Hall–Kier alpha value is -0.380. The third-order valence-electron chi connectivity index (χ3n) is 3.09. The molecule has 15 heavy (non-hydrogen) atoms. The molecule has 3 nitrogen and oxygen atoms in total. The molecule has 0 aliphatic carbocycles. The molecule has 3 heteroatoms. The maximum atomic E-state index is 5.84. The molecule has 2 rings (SSSR count). The molecule has 2 aliphatic heterocycles. The molecule has 0 aromatic heterocycles. The van der Waals surface area contributed by atoms with Gasteiger partial charge in [0, 0.05) is 6.42 Å². The SMILES string of the molecule is C=CC[C@H](C)[C@@H]1C[C@H]2OC(C)(C)O[C@H]2O1. The van der Waals surface area contributed by atoms with Crippen LogP contribution in [0.25, 0.3) is 0 Å². The monoisotopic (exact) mass is 212 g/mol. The molecule has 2 fully saturated rings. The van der Waals surface area contributed by atoms with Crippen LogP contribution in [-0.2, 0) is 14.2 Å². The quantitative estimate of drug-likeness (QED) is 0.673. The van der Waals surface area contributed by atoms with Crippen molar-refractivity contribution < 1.29 is 14.2 Å². The Kier molecular flexibility index (Phi) is 2.88. The van der Waals surface area contributed by atoms with Crippen molar-refractivity contribution >= 4 is 0 Å². The lowest BCUT2D eigenvalue weighted by atomic mass is 9.98. The van der Waals surface area contributed by atoms with E-state index in [1.165, 1.54) is 0 Å². The van der Waals surface area contributed by atoms with Gasteiger partial charge in [-0.3, -0.25) is 0 Å². The summed E-state index contributed by atoms with van der Waals surface area (Å²) in [4.78, 5) is 0. The van der Waals surface area contributed by atoms with Crippen LogP contribution in [0.1, 0.15) is 33.6 Å². The van der Waals surface area contributed by atoms with E-state index in [0.29, 0.717) is 5.92 Å². The molecule has 4 atom stereocenters. The van der Waals surface area contributed by atoms with Gasteiger partial charge in [-0.05, 0) is 26.2 Å². The van der Waals surface area contributed by atoms with Crippen molar-refractivity contribution in [3.05, 3.63) is 12.7 Å². The zero-order valence-electron chi connectivity index (χ0n) is 9.73. The zero-order valence-corrected chi connectivity index (χ0v) is 9.73. The van der Waals surface area contributed by atoms with Crippen LogP contribution in [0, 0.1) is 5.92 Å². The number of rotatable bonds is 3. The smallest absolute Gasteiger partial charge is 0.187 e. The highest BCUT2D eigenvalue weighted by Crippen LogP contribution is 2.39. The van der Waals surface area contributed by atoms with Gasteiger partial charge in [0.05, 0.1) is 6.10 Å². The molecule has 2 heterocycles. The van der Waals surface area contributed by atoms with Gasteiger partial charge in [0.2, 0.25) is 0 Å². The Morgan fingerprint density at radius 1 is 1.47 bits per heavy atom. The third-order valence-corrected chi connectivity index (χ3v) is 3.09. The average Bonchev–Trinajstić information content (AvgIpc) is 2.57. The van der Waals surface area contributed by atoms with E-state index in [2.05, 4.69) is 13.5 Å². The van der Waals surface area contributed by atoms with Crippen molar-refractivity contribution in [2.24, 2.45) is 5.92 Å². The minimum atomic E-state index is -0.484. The summed E-state index contributed by atoms with van der Waals surface area (Å²) in [6.45, 7) is 9.78. The van der Waals surface area contributed by atoms with Gasteiger partial charge in [0.25, 0.3) is 0 Å². The summed E-state index contributed by atoms with van der Waals surface area (Å²) in [5.41, 5.74) is 0. The van der Waals surface area contributed by atoms with Crippen molar-refractivity contribution in [2.45, 2.75) is 57.9 Å². The van der Waals surface area contributed by atoms with E-state index in [0.717, 1.165) is 12.8 Å². The van der Waals surface area contributed by atoms with E-state index in [1.54, 1.807) is 0 Å². The Labute approximate surface area is 91.4 Å². The van der Waals surface area contributed by atoms with Crippen LogP contribution >= 0.6 is 0 Å². The first-order valence-corrected chi connectivity index (χ1v) is 5.64. The number of fused-ring (bicyclic) bond motifs is 1. The fourth-order valence-electron chi connectivity index (χ4n) is 2.32. The van der Waals surface area contributed by atoms with Crippen molar-refractivity contribution in [2.75, 3.05) is 0 Å². The summed E-state index contributed by atoms with van der Waals surface area (Å²) in [6.07, 6.45) is 4.04. The Morgan fingerprint density at radius 3 is 2.80 bits per heavy atom. The second-order valence-corrected chi connectivity index (χ2v) is 4.95. The van der Waals surface area contributed by atoms with Gasteiger partial charge in [-0.25, -0.2) is 0 Å². The molecule has 0 N–H and O–H groups in total. The molecule has 0 aromatic carbocycles. The fraction of sp³-hybridized carbons (Fsp3) is 0.833. The van der Waals surface area contributed by atoms with Crippen molar-refractivity contribution in [3.63, 3.8) is 0 Å². The molecule has 2 aliphatic rings. The molecule has 86 valence electrons. The van der Waals surface area contributed by atoms with Gasteiger partial charge < -0.3 is 14.2 Å². The van der Waals surface area contributed by atoms with Crippen LogP contribution in [-0.4, -0.2) is 24.3 Å². The van der Waals surface area contributed by atoms with Gasteiger partial charge >= 0.3 is 0 Å². The third kappa shape index (κ3) is 2.25. The fourth-order valence-corrected chi connectivity index (χ4v) is 2.32. The van der Waals surface area contributed by atoms with E-state index in [9.17, 15) is 0 Å². The van der Waals surface area contributed by atoms with Crippen LogP contribution < -0.4 is 0 Å². The highest BCUT2D eigenvalue weighted by Gasteiger charge is 2.49. The maximum Gasteiger partial charge on any atom is 0.187 e. The van der Waals surface area contributed by atoms with Gasteiger partial charge in [0.15, 0.2) is 12.1 Å². The Bertz CT molecular complexity index is 233. The molecule has 0 spiro atoms. The zero-order chi connectivity index (χ0) is 11.1. The van der Waals surface area contributed by atoms with Crippen molar-refractivity contribution in [1.29, 1.82) is 0 Å². The summed E-state index contributed by atoms with van der Waals surface area (Å²) in [5.74, 6) is 0.00512. The van der Waals surface area contributed by atoms with Crippen LogP contribution in [0.2, 0.25) is 0 Å². The summed E-state index contributed by atoms with van der Waals surface area (Å²) >= 11 is 0. The first kappa shape index (κ1) is 11.1. The Morgan fingerprint density at radius 2 is 2.20 bits per heavy atom. The first-order valence-electron chi connectivity index (χ1n) is 5.64. The average molecular weight is 212 g/mol. The molecule has 2 saturated heterocycles. The van der Waals surface area contributed by atoms with E-state index >= 15 is 0 Å². The molecular weight excluding hydrogens is 192 g/mol. The van der Waals surface area contributed by atoms with Crippen LogP contribution in [0.4, 0.5) is 0 Å². The summed E-state index contributed by atoms with van der Waals surface area (Å²) < 4.78 is 17.3. The lowest BCUT2D eigenvalue weighted by Crippen LogP contribution is -2.26. The van der Waals surface area contributed by atoms with E-state index in [4.69, 9.17) is 14.2 Å². The van der Waals surface area contributed by atoms with Crippen LogP contribution in [0.5, 0.6) is 0 Å². The molecule has 0 radical (unpaired) electrons. The van der Waals surface area contributed by atoms with Gasteiger partial charge in [-0.15, -0.1) is 6.58 Å². The molecule has 0 amide bonds. The van der Waals surface area contributed by atoms with E-state index in [-0.39, 0.29) is 18.5 Å². The van der Waals surface area contributed by atoms with Crippen molar-refractivity contribution in [3.8, 4) is 0 Å². The first-order chi connectivity index (χ1) is 7.02. The molecule has 0 saturated carbocycles. The number of hydrogen-bond donors (Lipinski definition) is 0. The lowest BCUT2D eigenvalue weighted by molar-refractivity contribution is -0.209. The van der Waals surface area contributed by atoms with Gasteiger partial charge in [-0.1, -0.05) is 13.0 Å². The molecule has 0 unspecified atom stereocenters. The van der Waals surface area contributed by atoms with Crippen LogP contribution in [0.15, 0.2) is 12.7 Å². The maximum absolute atomic E-state index is 5.84. The Balaban J connectivity index is 1.91. The normalized spacial score (nSPS) is 40.1. The topological polar surface area (TPSA) is 27.7 Å². The second-order valence-electron chi connectivity index (χ2n) is 4.95. The lowest BCUT2D eigenvalue weighted by Gasteiger charge is -2.23. The minimum Gasteiger partial charge on any atom is -0.346 e. The van der Waals surface area contributed by atoms with Crippen LogP contribution in [0.3, 0.4) is 0 Å². The predicted octanol–water partition coefficient (Wildman–Crippen LogP) is 2.47. The molecule has 0 bridgehead atoms. The second kappa shape index (κ2) is 3.89. The van der Waals surface area contributed by atoms with E-state index < -0.39 is 5.79 Å². The summed E-state index contributed by atoms with van der Waals surface area (Å²) in [7, 11) is 0. The standard InChI is InChI=1S/C12H20O3/c1-5-6-8(2)9-7-10-11(13-9)15-12(3,4)14-10/h5,8-11H,1,6-7H2,2-4H3/t8-,9-,10+,11+/m0/s1. The highest BCUT2D eigenvalue weighted by molar-refractivity contribution is 4.88. The predicted molar refractivity (Wildman–Crippen MR) is 57.3 cm³/mol. The molecular formula is C12H20O3. The van der Waals surface area contributed by atoms with Gasteiger partial charge in [-0.2, -0.15) is 0 Å². The highest BCUT2D eigenvalue weighted by atomic mass is 16.8. The van der Waals surface area contributed by atoms with Gasteiger partial charge in [0.1, 0.15) is 6.10 Å². The molecule has 0 aromatic rings.